The molecule has 0 N–H and O–H groups in total. The topological polar surface area (TPSA) is 0 Å². The molecule has 0 aromatic carbocycles. The van der Waals surface area contributed by atoms with Crippen molar-refractivity contribution in [1.29, 1.82) is 0 Å². The Morgan fingerprint density at radius 2 is 2.25 bits per heavy atom. The number of halogens is 2. The maximum atomic E-state index is 5.99. The quantitative estimate of drug-likeness (QED) is 0.493. The van der Waals surface area contributed by atoms with Gasteiger partial charge in [-0.3, -0.25) is 0 Å². The van der Waals surface area contributed by atoms with E-state index in [0.717, 1.165) is 25.3 Å². The van der Waals surface area contributed by atoms with Gasteiger partial charge in [0, 0.05) is 0 Å². The Morgan fingerprint density at radius 3 is 2.75 bits per heavy atom. The fourth-order valence-corrected chi connectivity index (χ4v) is 2.89. The number of allylic oxidation sites excluding steroid dienone is 4. The zero-order valence-corrected chi connectivity index (χ0v) is 9.83. The van der Waals surface area contributed by atoms with Crippen molar-refractivity contribution in [1.82, 2.24) is 0 Å². The highest BCUT2D eigenvalue weighted by atomic mass is 35.7. The van der Waals surface area contributed by atoms with Gasteiger partial charge in [-0.25, -0.2) is 0 Å². The normalized spacial score (nSPS) is 16.8. The molecule has 0 bridgehead atoms. The molecule has 0 radical (unpaired) electrons. The molecule has 12 heavy (non-hydrogen) atoms. The highest BCUT2D eigenvalue weighted by molar-refractivity contribution is 7.44. The van der Waals surface area contributed by atoms with Gasteiger partial charge in [0.2, 0.25) is 6.69 Å². The highest BCUT2D eigenvalue weighted by Gasteiger charge is 2.19. The van der Waals surface area contributed by atoms with Crippen LogP contribution in [0.15, 0.2) is 23.8 Å². The van der Waals surface area contributed by atoms with Gasteiger partial charge >= 0.3 is 0 Å². The third-order valence-corrected chi connectivity index (χ3v) is 4.29. The molecule has 3 heteroatoms. The molecule has 0 unspecified atom stereocenters. The average Bonchev–Trinajstić information content (AvgIpc) is 2.36. The molecule has 0 atom stereocenters. The first-order chi connectivity index (χ1) is 5.58. The molecular weight excluding hydrogens is 207 g/mol. The molecule has 0 saturated carbocycles. The SMILES string of the molecule is C[Si](Cl)(Cl)CCCC1=CCC=C1. The van der Waals surface area contributed by atoms with Gasteiger partial charge in [-0.2, -0.15) is 0 Å². The van der Waals surface area contributed by atoms with Crippen LogP contribution in [0.5, 0.6) is 0 Å². The van der Waals surface area contributed by atoms with Gasteiger partial charge in [-0.05, 0) is 31.9 Å². The molecule has 68 valence electrons. The Balaban J connectivity index is 2.14. The molecule has 0 aliphatic heterocycles. The van der Waals surface area contributed by atoms with E-state index < -0.39 is 6.69 Å². The van der Waals surface area contributed by atoms with Crippen LogP contribution < -0.4 is 0 Å². The van der Waals surface area contributed by atoms with Crippen molar-refractivity contribution in [2.45, 2.75) is 31.9 Å². The van der Waals surface area contributed by atoms with Crippen LogP contribution >= 0.6 is 22.2 Å². The second-order valence-corrected chi connectivity index (χ2v) is 11.6. The van der Waals surface area contributed by atoms with Crippen molar-refractivity contribution in [3.63, 3.8) is 0 Å². The number of hydrogen-bond acceptors (Lipinski definition) is 0. The minimum atomic E-state index is -1.84. The Morgan fingerprint density at radius 1 is 1.50 bits per heavy atom. The van der Waals surface area contributed by atoms with Crippen LogP contribution in [0, 0.1) is 0 Å². The third kappa shape index (κ3) is 4.34. The lowest BCUT2D eigenvalue weighted by atomic mass is 10.2. The Hall–Kier alpha value is 0.277. The van der Waals surface area contributed by atoms with Crippen molar-refractivity contribution < 1.29 is 0 Å². The van der Waals surface area contributed by atoms with E-state index in [-0.39, 0.29) is 0 Å². The van der Waals surface area contributed by atoms with Gasteiger partial charge in [0.1, 0.15) is 0 Å². The largest absolute Gasteiger partial charge is 0.248 e. The Bertz CT molecular complexity index is 201. The Labute approximate surface area is 84.7 Å². The van der Waals surface area contributed by atoms with Crippen LogP contribution in [-0.4, -0.2) is 6.69 Å². The molecule has 0 saturated heterocycles. The van der Waals surface area contributed by atoms with E-state index in [1.54, 1.807) is 0 Å². The molecule has 0 aromatic heterocycles. The zero-order valence-electron chi connectivity index (χ0n) is 7.32. The van der Waals surface area contributed by atoms with Gasteiger partial charge in [0.05, 0.1) is 0 Å². The van der Waals surface area contributed by atoms with E-state index in [1.807, 2.05) is 6.55 Å². The standard InChI is InChI=1S/C9H14Cl2Si/c1-12(10,11)8-4-7-9-5-2-3-6-9/h2,5-6H,3-4,7-8H2,1H3. The lowest BCUT2D eigenvalue weighted by Crippen LogP contribution is -2.11. The van der Waals surface area contributed by atoms with Crippen molar-refractivity contribution in [3.8, 4) is 0 Å². The summed E-state index contributed by atoms with van der Waals surface area (Å²) in [6.45, 7) is 0.145. The smallest absolute Gasteiger partial charge is 0.146 e. The molecule has 0 heterocycles. The first kappa shape index (κ1) is 10.4. The predicted molar refractivity (Wildman–Crippen MR) is 59.2 cm³/mol. The summed E-state index contributed by atoms with van der Waals surface area (Å²) >= 11 is 12.0. The maximum absolute atomic E-state index is 5.99. The monoisotopic (exact) mass is 220 g/mol. The van der Waals surface area contributed by atoms with E-state index in [0.29, 0.717) is 0 Å². The maximum Gasteiger partial charge on any atom is 0.248 e. The lowest BCUT2D eigenvalue weighted by Gasteiger charge is -2.08. The summed E-state index contributed by atoms with van der Waals surface area (Å²) in [6.07, 6.45) is 10.0. The van der Waals surface area contributed by atoms with Gasteiger partial charge in [0.25, 0.3) is 0 Å². The van der Waals surface area contributed by atoms with Gasteiger partial charge in [-0.1, -0.05) is 23.8 Å². The summed E-state index contributed by atoms with van der Waals surface area (Å²) in [7, 11) is 0. The number of rotatable bonds is 4. The van der Waals surface area contributed by atoms with Crippen LogP contribution in [0.25, 0.3) is 0 Å². The summed E-state index contributed by atoms with van der Waals surface area (Å²) in [5.74, 6) is 0. The summed E-state index contributed by atoms with van der Waals surface area (Å²) in [6, 6.07) is 1.00. The van der Waals surface area contributed by atoms with Crippen molar-refractivity contribution in [3.05, 3.63) is 23.8 Å². The zero-order chi connectivity index (χ0) is 9.03. The van der Waals surface area contributed by atoms with Crippen molar-refractivity contribution in [2.75, 3.05) is 0 Å². The van der Waals surface area contributed by atoms with E-state index in [9.17, 15) is 0 Å². The fraction of sp³-hybridized carbons (Fsp3) is 0.556. The molecular formula is C9H14Cl2Si. The minimum Gasteiger partial charge on any atom is -0.146 e. The second-order valence-electron chi connectivity index (χ2n) is 3.34. The molecule has 1 aliphatic carbocycles. The lowest BCUT2D eigenvalue weighted by molar-refractivity contribution is 0.916. The Kier molecular flexibility index (Phi) is 3.88. The van der Waals surface area contributed by atoms with E-state index in [1.165, 1.54) is 5.57 Å². The molecule has 0 amide bonds. The van der Waals surface area contributed by atoms with Crippen LogP contribution in [0.3, 0.4) is 0 Å². The fourth-order valence-electron chi connectivity index (χ4n) is 1.30. The number of hydrogen-bond donors (Lipinski definition) is 0. The molecule has 0 spiro atoms. The second kappa shape index (κ2) is 4.50. The van der Waals surface area contributed by atoms with Crippen molar-refractivity contribution in [2.24, 2.45) is 0 Å². The van der Waals surface area contributed by atoms with Crippen molar-refractivity contribution >= 4 is 28.9 Å². The van der Waals surface area contributed by atoms with Crippen LogP contribution in [0.1, 0.15) is 19.3 Å². The van der Waals surface area contributed by atoms with Crippen LogP contribution in [0.4, 0.5) is 0 Å². The average molecular weight is 221 g/mol. The molecule has 0 fully saturated rings. The minimum absolute atomic E-state index is 1.00. The summed E-state index contributed by atoms with van der Waals surface area (Å²) in [5, 5.41) is 0. The molecule has 1 rings (SSSR count). The predicted octanol–water partition coefficient (Wildman–Crippen LogP) is 4.20. The first-order valence-electron chi connectivity index (χ1n) is 4.31. The van der Waals surface area contributed by atoms with E-state index in [4.69, 9.17) is 22.2 Å². The molecule has 0 aromatic rings. The van der Waals surface area contributed by atoms with Crippen LogP contribution in [0.2, 0.25) is 12.6 Å². The third-order valence-electron chi connectivity index (χ3n) is 1.93. The van der Waals surface area contributed by atoms with Gasteiger partial charge in [-0.15, -0.1) is 22.2 Å². The summed E-state index contributed by atoms with van der Waals surface area (Å²) < 4.78 is 0. The molecule has 1 aliphatic rings. The van der Waals surface area contributed by atoms with E-state index >= 15 is 0 Å². The summed E-state index contributed by atoms with van der Waals surface area (Å²) in [5.41, 5.74) is 1.45. The first-order valence-corrected chi connectivity index (χ1v) is 9.04. The van der Waals surface area contributed by atoms with Gasteiger partial charge < -0.3 is 0 Å². The molecule has 0 nitrogen and oxygen atoms in total. The van der Waals surface area contributed by atoms with Gasteiger partial charge in [0.15, 0.2) is 0 Å². The van der Waals surface area contributed by atoms with Crippen LogP contribution in [-0.2, 0) is 0 Å². The highest BCUT2D eigenvalue weighted by Crippen LogP contribution is 2.25. The van der Waals surface area contributed by atoms with E-state index in [2.05, 4.69) is 18.2 Å². The summed E-state index contributed by atoms with van der Waals surface area (Å²) in [4.78, 5) is 0.